The lowest BCUT2D eigenvalue weighted by Gasteiger charge is -2.08. The molecule has 0 aliphatic carbocycles. The normalized spacial score (nSPS) is 10.4. The number of aryl methyl sites for hydroxylation is 1. The molecule has 0 unspecified atom stereocenters. The summed E-state index contributed by atoms with van der Waals surface area (Å²) in [6.45, 7) is 6.05. The first-order valence-electron chi connectivity index (χ1n) is 6.67. The summed E-state index contributed by atoms with van der Waals surface area (Å²) in [6, 6.07) is 10.0. The van der Waals surface area contributed by atoms with Gasteiger partial charge in [0.25, 0.3) is 0 Å². The number of nitrogens with one attached hydrogen (secondary N) is 1. The second kappa shape index (κ2) is 6.90. The van der Waals surface area contributed by atoms with Gasteiger partial charge in [-0.2, -0.15) is 0 Å². The lowest BCUT2D eigenvalue weighted by atomic mass is 10.2. The molecule has 0 radical (unpaired) electrons. The standard InChI is InChI=1S/C16H20N2O/c1-3-7-17-10-14-9-16(12-18-11-14)19-15-6-4-5-13(2)8-15/h4-6,8-9,11-12,17H,3,7,10H2,1-2H3. The van der Waals surface area contributed by atoms with Crippen LogP contribution in [0.15, 0.2) is 42.7 Å². The van der Waals surface area contributed by atoms with Crippen LogP contribution in [-0.2, 0) is 6.54 Å². The van der Waals surface area contributed by atoms with Crippen LogP contribution in [0, 0.1) is 6.92 Å². The quantitative estimate of drug-likeness (QED) is 0.800. The molecule has 100 valence electrons. The monoisotopic (exact) mass is 256 g/mol. The highest BCUT2D eigenvalue weighted by Crippen LogP contribution is 2.22. The number of hydrogen-bond acceptors (Lipinski definition) is 3. The van der Waals surface area contributed by atoms with Crippen molar-refractivity contribution in [3.63, 3.8) is 0 Å². The molecule has 0 saturated heterocycles. The van der Waals surface area contributed by atoms with E-state index >= 15 is 0 Å². The Morgan fingerprint density at radius 1 is 1.16 bits per heavy atom. The van der Waals surface area contributed by atoms with Crippen LogP contribution in [0.3, 0.4) is 0 Å². The molecule has 0 fully saturated rings. The number of hydrogen-bond donors (Lipinski definition) is 1. The second-order valence-corrected chi connectivity index (χ2v) is 4.62. The minimum absolute atomic E-state index is 0.779. The molecule has 0 amide bonds. The maximum absolute atomic E-state index is 5.82. The summed E-state index contributed by atoms with van der Waals surface area (Å²) in [5, 5.41) is 3.36. The Morgan fingerprint density at radius 3 is 2.84 bits per heavy atom. The summed E-state index contributed by atoms with van der Waals surface area (Å²) >= 11 is 0. The zero-order chi connectivity index (χ0) is 13.5. The summed E-state index contributed by atoms with van der Waals surface area (Å²) in [5.41, 5.74) is 2.32. The Labute approximate surface area is 114 Å². The molecule has 0 saturated carbocycles. The van der Waals surface area contributed by atoms with Crippen molar-refractivity contribution in [1.82, 2.24) is 10.3 Å². The predicted octanol–water partition coefficient (Wildman–Crippen LogP) is 3.68. The van der Waals surface area contributed by atoms with E-state index in [2.05, 4.69) is 30.2 Å². The summed E-state index contributed by atoms with van der Waals surface area (Å²) in [7, 11) is 0. The van der Waals surface area contributed by atoms with E-state index in [9.17, 15) is 0 Å². The predicted molar refractivity (Wildman–Crippen MR) is 77.5 cm³/mol. The minimum Gasteiger partial charge on any atom is -0.456 e. The Morgan fingerprint density at radius 2 is 2.05 bits per heavy atom. The van der Waals surface area contributed by atoms with Gasteiger partial charge in [0.05, 0.1) is 6.20 Å². The Balaban J connectivity index is 2.02. The Kier molecular flexibility index (Phi) is 4.93. The van der Waals surface area contributed by atoms with Crippen LogP contribution in [0.2, 0.25) is 0 Å². The second-order valence-electron chi connectivity index (χ2n) is 4.62. The molecule has 2 aromatic rings. The molecule has 1 heterocycles. The zero-order valence-electron chi connectivity index (χ0n) is 11.5. The van der Waals surface area contributed by atoms with E-state index in [1.54, 1.807) is 6.20 Å². The van der Waals surface area contributed by atoms with E-state index in [1.807, 2.05) is 30.5 Å². The van der Waals surface area contributed by atoms with Gasteiger partial charge in [-0.1, -0.05) is 19.1 Å². The molecule has 0 spiro atoms. The summed E-state index contributed by atoms with van der Waals surface area (Å²) < 4.78 is 5.82. The molecule has 0 aliphatic heterocycles. The van der Waals surface area contributed by atoms with Gasteiger partial charge in [-0.3, -0.25) is 4.98 Å². The average Bonchev–Trinajstić information content (AvgIpc) is 2.39. The third kappa shape index (κ3) is 4.38. The van der Waals surface area contributed by atoms with Gasteiger partial charge >= 0.3 is 0 Å². The van der Waals surface area contributed by atoms with Gasteiger partial charge in [0.2, 0.25) is 0 Å². The third-order valence-electron chi connectivity index (χ3n) is 2.75. The first-order valence-corrected chi connectivity index (χ1v) is 6.67. The third-order valence-corrected chi connectivity index (χ3v) is 2.75. The Bertz CT molecular complexity index is 526. The van der Waals surface area contributed by atoms with E-state index in [-0.39, 0.29) is 0 Å². The fraction of sp³-hybridized carbons (Fsp3) is 0.312. The van der Waals surface area contributed by atoms with Crippen LogP contribution in [0.25, 0.3) is 0 Å². The fourth-order valence-corrected chi connectivity index (χ4v) is 1.84. The van der Waals surface area contributed by atoms with Crippen molar-refractivity contribution in [3.8, 4) is 11.5 Å². The Hall–Kier alpha value is -1.87. The average molecular weight is 256 g/mol. The van der Waals surface area contributed by atoms with Gasteiger partial charge in [-0.25, -0.2) is 0 Å². The van der Waals surface area contributed by atoms with Crippen molar-refractivity contribution >= 4 is 0 Å². The number of nitrogens with zero attached hydrogens (tertiary/aromatic N) is 1. The highest BCUT2D eigenvalue weighted by molar-refractivity contribution is 5.33. The molecule has 3 heteroatoms. The fourth-order valence-electron chi connectivity index (χ4n) is 1.84. The largest absolute Gasteiger partial charge is 0.456 e. The maximum atomic E-state index is 5.82. The van der Waals surface area contributed by atoms with E-state index in [0.717, 1.165) is 36.6 Å². The summed E-state index contributed by atoms with van der Waals surface area (Å²) in [5.74, 6) is 1.63. The smallest absolute Gasteiger partial charge is 0.146 e. The van der Waals surface area contributed by atoms with Crippen molar-refractivity contribution in [1.29, 1.82) is 0 Å². The van der Waals surface area contributed by atoms with Gasteiger partial charge in [-0.15, -0.1) is 0 Å². The number of pyridine rings is 1. The molecule has 0 bridgehead atoms. The molecular weight excluding hydrogens is 236 g/mol. The van der Waals surface area contributed by atoms with Crippen molar-refractivity contribution in [2.45, 2.75) is 26.8 Å². The molecular formula is C16H20N2O. The highest BCUT2D eigenvalue weighted by Gasteiger charge is 2.00. The molecule has 1 N–H and O–H groups in total. The van der Waals surface area contributed by atoms with Crippen LogP contribution in [0.4, 0.5) is 0 Å². The molecule has 1 aromatic carbocycles. The highest BCUT2D eigenvalue weighted by atomic mass is 16.5. The van der Waals surface area contributed by atoms with Crippen molar-refractivity contribution in [3.05, 3.63) is 53.9 Å². The molecule has 3 nitrogen and oxygen atoms in total. The topological polar surface area (TPSA) is 34.2 Å². The zero-order valence-corrected chi connectivity index (χ0v) is 11.5. The molecule has 1 aromatic heterocycles. The maximum Gasteiger partial charge on any atom is 0.146 e. The number of aromatic nitrogens is 1. The minimum atomic E-state index is 0.779. The van der Waals surface area contributed by atoms with Gasteiger partial charge in [0, 0.05) is 12.7 Å². The van der Waals surface area contributed by atoms with Crippen molar-refractivity contribution in [2.75, 3.05) is 6.54 Å². The number of benzene rings is 1. The first-order chi connectivity index (χ1) is 9.28. The SMILES string of the molecule is CCCNCc1cncc(Oc2cccc(C)c2)c1. The summed E-state index contributed by atoms with van der Waals surface area (Å²) in [6.07, 6.45) is 4.74. The van der Waals surface area contributed by atoms with Gasteiger partial charge < -0.3 is 10.1 Å². The van der Waals surface area contributed by atoms with Crippen LogP contribution in [0.5, 0.6) is 11.5 Å². The molecule has 19 heavy (non-hydrogen) atoms. The van der Waals surface area contributed by atoms with Crippen molar-refractivity contribution < 1.29 is 4.74 Å². The lowest BCUT2D eigenvalue weighted by molar-refractivity contribution is 0.478. The van der Waals surface area contributed by atoms with Crippen LogP contribution in [-0.4, -0.2) is 11.5 Å². The van der Waals surface area contributed by atoms with E-state index in [1.165, 1.54) is 5.56 Å². The van der Waals surface area contributed by atoms with Crippen molar-refractivity contribution in [2.24, 2.45) is 0 Å². The van der Waals surface area contributed by atoms with Gasteiger partial charge in [0.1, 0.15) is 11.5 Å². The van der Waals surface area contributed by atoms with Gasteiger partial charge in [0.15, 0.2) is 0 Å². The lowest BCUT2D eigenvalue weighted by Crippen LogP contribution is -2.13. The number of rotatable bonds is 6. The van der Waals surface area contributed by atoms with E-state index < -0.39 is 0 Å². The molecule has 0 aliphatic rings. The van der Waals surface area contributed by atoms with E-state index in [4.69, 9.17) is 4.74 Å². The van der Waals surface area contributed by atoms with E-state index in [0.29, 0.717) is 0 Å². The summed E-state index contributed by atoms with van der Waals surface area (Å²) in [4.78, 5) is 4.22. The van der Waals surface area contributed by atoms with Crippen LogP contribution >= 0.6 is 0 Å². The van der Waals surface area contributed by atoms with Crippen LogP contribution in [0.1, 0.15) is 24.5 Å². The van der Waals surface area contributed by atoms with Gasteiger partial charge in [-0.05, 0) is 49.2 Å². The molecule has 2 rings (SSSR count). The first kappa shape index (κ1) is 13.6. The van der Waals surface area contributed by atoms with Crippen LogP contribution < -0.4 is 10.1 Å². The molecule has 0 atom stereocenters. The number of ether oxygens (including phenoxy) is 1.